The molecule has 1 aromatic heterocycles. The fourth-order valence-corrected chi connectivity index (χ4v) is 4.74. The van der Waals surface area contributed by atoms with E-state index in [2.05, 4.69) is 4.98 Å². The van der Waals surface area contributed by atoms with Crippen LogP contribution in [0.2, 0.25) is 0 Å². The molecule has 8 heteroatoms. The SMILES string of the molecule is COCCN1C(=O)CC(CC(=O)N(C)Cc2cccc3ncccc23)(c2ccccc2OC)C1=O. The van der Waals surface area contributed by atoms with Crippen LogP contribution in [0, 0.1) is 0 Å². The maximum absolute atomic E-state index is 13.7. The fourth-order valence-electron chi connectivity index (χ4n) is 4.74. The van der Waals surface area contributed by atoms with Crippen molar-refractivity contribution in [1.29, 1.82) is 0 Å². The predicted molar refractivity (Wildman–Crippen MR) is 131 cm³/mol. The zero-order chi connectivity index (χ0) is 25.0. The molecule has 0 aliphatic carbocycles. The third-order valence-electron chi connectivity index (χ3n) is 6.57. The van der Waals surface area contributed by atoms with Gasteiger partial charge in [0.15, 0.2) is 0 Å². The summed E-state index contributed by atoms with van der Waals surface area (Å²) in [7, 11) is 4.73. The number of hydrogen-bond donors (Lipinski definition) is 0. The van der Waals surface area contributed by atoms with Gasteiger partial charge in [-0.3, -0.25) is 24.3 Å². The quantitative estimate of drug-likeness (QED) is 0.442. The Hall–Kier alpha value is -3.78. The fraction of sp³-hybridized carbons (Fsp3) is 0.333. The number of hydrogen-bond acceptors (Lipinski definition) is 6. The van der Waals surface area contributed by atoms with Crippen molar-refractivity contribution >= 4 is 28.6 Å². The molecule has 0 saturated carbocycles. The van der Waals surface area contributed by atoms with E-state index in [9.17, 15) is 14.4 Å². The molecule has 4 rings (SSSR count). The maximum atomic E-state index is 13.7. The molecule has 35 heavy (non-hydrogen) atoms. The van der Waals surface area contributed by atoms with Crippen molar-refractivity contribution in [1.82, 2.24) is 14.8 Å². The summed E-state index contributed by atoms with van der Waals surface area (Å²) in [6, 6.07) is 16.7. The number of imide groups is 1. The Bertz CT molecular complexity index is 1260. The van der Waals surface area contributed by atoms with Gasteiger partial charge in [-0.25, -0.2) is 0 Å². The second-order valence-electron chi connectivity index (χ2n) is 8.72. The molecule has 1 fully saturated rings. The van der Waals surface area contributed by atoms with E-state index in [0.29, 0.717) is 17.9 Å². The number of pyridine rings is 1. The monoisotopic (exact) mass is 475 g/mol. The molecular formula is C27H29N3O5. The average Bonchev–Trinajstić information content (AvgIpc) is 3.11. The van der Waals surface area contributed by atoms with Crippen molar-refractivity contribution in [2.75, 3.05) is 34.4 Å². The van der Waals surface area contributed by atoms with Crippen LogP contribution in [0.25, 0.3) is 10.9 Å². The number of methoxy groups -OCH3 is 2. The summed E-state index contributed by atoms with van der Waals surface area (Å²) >= 11 is 0. The van der Waals surface area contributed by atoms with Crippen molar-refractivity contribution in [2.45, 2.75) is 24.8 Å². The molecule has 2 heterocycles. The maximum Gasteiger partial charge on any atom is 0.241 e. The molecule has 1 aliphatic heterocycles. The van der Waals surface area contributed by atoms with Crippen LogP contribution in [0.1, 0.15) is 24.0 Å². The van der Waals surface area contributed by atoms with E-state index in [1.165, 1.54) is 19.1 Å². The molecule has 1 aliphatic rings. The molecule has 1 saturated heterocycles. The van der Waals surface area contributed by atoms with E-state index < -0.39 is 11.3 Å². The van der Waals surface area contributed by atoms with Gasteiger partial charge in [0.1, 0.15) is 5.75 Å². The lowest BCUT2D eigenvalue weighted by Crippen LogP contribution is -2.43. The molecule has 3 amide bonds. The van der Waals surface area contributed by atoms with Gasteiger partial charge in [0.05, 0.1) is 31.2 Å². The zero-order valence-electron chi connectivity index (χ0n) is 20.2. The number of benzene rings is 2. The van der Waals surface area contributed by atoms with Gasteiger partial charge in [-0.1, -0.05) is 36.4 Å². The van der Waals surface area contributed by atoms with Crippen LogP contribution in [0.4, 0.5) is 0 Å². The van der Waals surface area contributed by atoms with Gasteiger partial charge in [-0.05, 0) is 23.8 Å². The first-order valence-electron chi connectivity index (χ1n) is 11.4. The van der Waals surface area contributed by atoms with Crippen LogP contribution in [-0.4, -0.2) is 66.9 Å². The largest absolute Gasteiger partial charge is 0.496 e. The molecule has 0 spiro atoms. The van der Waals surface area contributed by atoms with Crippen LogP contribution in [0.5, 0.6) is 5.75 Å². The normalized spacial score (nSPS) is 17.7. The summed E-state index contributed by atoms with van der Waals surface area (Å²) in [4.78, 5) is 47.4. The molecule has 1 atom stereocenters. The number of fused-ring (bicyclic) bond motifs is 1. The van der Waals surface area contributed by atoms with Crippen LogP contribution in [0.15, 0.2) is 60.8 Å². The average molecular weight is 476 g/mol. The standard InChI is InChI=1S/C27H29N3O5/c1-29(18-19-8-6-11-22-20(19)9-7-13-28-22)24(31)16-27(21-10-4-5-12-23(21)35-3)17-25(32)30(26(27)33)14-15-34-2/h4-13H,14-18H2,1-3H3. The lowest BCUT2D eigenvalue weighted by molar-refractivity contribution is -0.143. The number of para-hydroxylation sites is 1. The van der Waals surface area contributed by atoms with Crippen molar-refractivity contribution in [3.63, 3.8) is 0 Å². The van der Waals surface area contributed by atoms with Crippen LogP contribution in [-0.2, 0) is 31.1 Å². The van der Waals surface area contributed by atoms with E-state index in [-0.39, 0.29) is 37.8 Å². The summed E-state index contributed by atoms with van der Waals surface area (Å²) in [5.41, 5.74) is 0.996. The molecule has 0 bridgehead atoms. The Morgan fingerprint density at radius 2 is 1.89 bits per heavy atom. The van der Waals surface area contributed by atoms with Gasteiger partial charge in [-0.2, -0.15) is 0 Å². The van der Waals surface area contributed by atoms with E-state index in [1.54, 1.807) is 42.4 Å². The third-order valence-corrected chi connectivity index (χ3v) is 6.57. The summed E-state index contributed by atoms with van der Waals surface area (Å²) in [6.45, 7) is 0.708. The van der Waals surface area contributed by atoms with Crippen molar-refractivity contribution in [3.8, 4) is 5.75 Å². The first-order chi connectivity index (χ1) is 16.9. The Morgan fingerprint density at radius 3 is 2.66 bits per heavy atom. The minimum atomic E-state index is -1.34. The van der Waals surface area contributed by atoms with Gasteiger partial charge in [-0.15, -0.1) is 0 Å². The summed E-state index contributed by atoms with van der Waals surface area (Å²) < 4.78 is 10.6. The number of nitrogens with zero attached hydrogens (tertiary/aromatic N) is 3. The highest BCUT2D eigenvalue weighted by atomic mass is 16.5. The summed E-state index contributed by atoms with van der Waals surface area (Å²) in [6.07, 6.45) is 1.48. The molecule has 0 N–H and O–H groups in total. The first-order valence-corrected chi connectivity index (χ1v) is 11.4. The molecule has 8 nitrogen and oxygen atoms in total. The molecule has 2 aromatic carbocycles. The Balaban J connectivity index is 1.66. The summed E-state index contributed by atoms with van der Waals surface area (Å²) in [5.74, 6) is -0.502. The number of likely N-dealkylation sites (tertiary alicyclic amines) is 1. The van der Waals surface area contributed by atoms with E-state index >= 15 is 0 Å². The Kier molecular flexibility index (Phi) is 7.12. The topological polar surface area (TPSA) is 89.0 Å². The predicted octanol–water partition coefficient (Wildman–Crippen LogP) is 2.94. The minimum absolute atomic E-state index is 0.103. The van der Waals surface area contributed by atoms with Gasteiger partial charge >= 0.3 is 0 Å². The van der Waals surface area contributed by atoms with E-state index in [1.807, 2.05) is 30.3 Å². The van der Waals surface area contributed by atoms with Gasteiger partial charge in [0, 0.05) is 50.7 Å². The molecule has 0 radical (unpaired) electrons. The lowest BCUT2D eigenvalue weighted by Gasteiger charge is -2.30. The van der Waals surface area contributed by atoms with Crippen LogP contribution < -0.4 is 4.74 Å². The first kappa shape index (κ1) is 24.3. The zero-order valence-corrected chi connectivity index (χ0v) is 20.2. The van der Waals surface area contributed by atoms with E-state index in [0.717, 1.165) is 16.5 Å². The summed E-state index contributed by atoms with van der Waals surface area (Å²) in [5, 5.41) is 0.965. The van der Waals surface area contributed by atoms with Crippen molar-refractivity contribution in [2.24, 2.45) is 0 Å². The highest BCUT2D eigenvalue weighted by Gasteiger charge is 2.55. The smallest absolute Gasteiger partial charge is 0.241 e. The number of carbonyl (C=O) groups excluding carboxylic acids is 3. The number of ether oxygens (including phenoxy) is 2. The molecule has 182 valence electrons. The van der Waals surface area contributed by atoms with Gasteiger partial charge in [0.25, 0.3) is 0 Å². The number of rotatable bonds is 9. The van der Waals surface area contributed by atoms with Crippen molar-refractivity contribution < 1.29 is 23.9 Å². The molecule has 1 unspecified atom stereocenters. The Morgan fingerprint density at radius 1 is 1.09 bits per heavy atom. The second-order valence-corrected chi connectivity index (χ2v) is 8.72. The van der Waals surface area contributed by atoms with Gasteiger partial charge in [0.2, 0.25) is 17.7 Å². The third kappa shape index (κ3) is 4.61. The Labute approximate surface area is 204 Å². The molecule has 3 aromatic rings. The second kappa shape index (κ2) is 10.2. The molecular weight excluding hydrogens is 446 g/mol. The van der Waals surface area contributed by atoms with Crippen LogP contribution in [0.3, 0.4) is 0 Å². The lowest BCUT2D eigenvalue weighted by atomic mass is 9.75. The van der Waals surface area contributed by atoms with Gasteiger partial charge < -0.3 is 14.4 Å². The number of amides is 3. The van der Waals surface area contributed by atoms with E-state index in [4.69, 9.17) is 9.47 Å². The number of carbonyl (C=O) groups is 3. The van der Waals surface area contributed by atoms with Crippen molar-refractivity contribution in [3.05, 3.63) is 71.9 Å². The highest BCUT2D eigenvalue weighted by molar-refractivity contribution is 6.11. The minimum Gasteiger partial charge on any atom is -0.496 e. The van der Waals surface area contributed by atoms with Crippen LogP contribution >= 0.6 is 0 Å². The highest BCUT2D eigenvalue weighted by Crippen LogP contribution is 2.44. The number of aromatic nitrogens is 1.